The number of hydrogen-bond donors (Lipinski definition) is 2. The minimum Gasteiger partial charge on any atom is -0.427 e. The lowest BCUT2D eigenvalue weighted by Gasteiger charge is -2.30. The van der Waals surface area contributed by atoms with Crippen LogP contribution in [0.25, 0.3) is 0 Å². The SMILES string of the molecule is CCCCC(=O)OC(O)(CNC(C)C)c1ccc(C)c(C)c1. The van der Waals surface area contributed by atoms with Gasteiger partial charge in [-0.3, -0.25) is 4.79 Å². The number of unbranched alkanes of at least 4 members (excludes halogenated alkanes) is 1. The maximum Gasteiger partial charge on any atom is 0.308 e. The quantitative estimate of drug-likeness (QED) is 0.572. The van der Waals surface area contributed by atoms with E-state index >= 15 is 0 Å². The van der Waals surface area contributed by atoms with E-state index < -0.39 is 5.79 Å². The second-order valence-corrected chi connectivity index (χ2v) is 6.20. The van der Waals surface area contributed by atoms with Crippen molar-refractivity contribution in [3.8, 4) is 0 Å². The maximum absolute atomic E-state index is 12.0. The van der Waals surface area contributed by atoms with Crippen LogP contribution in [0, 0.1) is 13.8 Å². The number of ether oxygens (including phenoxy) is 1. The first-order chi connectivity index (χ1) is 10.3. The Labute approximate surface area is 133 Å². The van der Waals surface area contributed by atoms with Gasteiger partial charge in [0.25, 0.3) is 5.79 Å². The average molecular weight is 307 g/mol. The van der Waals surface area contributed by atoms with Gasteiger partial charge in [-0.05, 0) is 37.5 Å². The summed E-state index contributed by atoms with van der Waals surface area (Å²) in [5.41, 5.74) is 2.80. The summed E-state index contributed by atoms with van der Waals surface area (Å²) in [7, 11) is 0. The van der Waals surface area contributed by atoms with Crippen molar-refractivity contribution in [1.29, 1.82) is 0 Å². The van der Waals surface area contributed by atoms with E-state index in [0.29, 0.717) is 12.0 Å². The third-order valence-corrected chi connectivity index (χ3v) is 3.73. The molecule has 0 aromatic heterocycles. The molecule has 0 bridgehead atoms. The summed E-state index contributed by atoms with van der Waals surface area (Å²) in [6, 6.07) is 5.82. The Hall–Kier alpha value is -1.39. The molecule has 1 aromatic rings. The third-order valence-electron chi connectivity index (χ3n) is 3.73. The highest BCUT2D eigenvalue weighted by Crippen LogP contribution is 2.25. The zero-order valence-electron chi connectivity index (χ0n) is 14.4. The van der Waals surface area contributed by atoms with Gasteiger partial charge in [0.15, 0.2) is 0 Å². The summed E-state index contributed by atoms with van der Waals surface area (Å²) in [6.45, 7) is 10.2. The summed E-state index contributed by atoms with van der Waals surface area (Å²) in [5.74, 6) is -2.00. The zero-order valence-corrected chi connectivity index (χ0v) is 14.4. The van der Waals surface area contributed by atoms with Crippen molar-refractivity contribution in [3.63, 3.8) is 0 Å². The van der Waals surface area contributed by atoms with Crippen LogP contribution in [0.3, 0.4) is 0 Å². The summed E-state index contributed by atoms with van der Waals surface area (Å²) in [6.07, 6.45) is 2.01. The highest BCUT2D eigenvalue weighted by molar-refractivity contribution is 5.70. The van der Waals surface area contributed by atoms with E-state index in [1.807, 2.05) is 52.8 Å². The fourth-order valence-electron chi connectivity index (χ4n) is 2.08. The summed E-state index contributed by atoms with van der Waals surface area (Å²) >= 11 is 0. The number of rotatable bonds is 8. The predicted molar refractivity (Wildman–Crippen MR) is 88.6 cm³/mol. The molecule has 4 heteroatoms. The topological polar surface area (TPSA) is 58.6 Å². The lowest BCUT2D eigenvalue weighted by molar-refractivity contribution is -0.213. The minimum atomic E-state index is -1.63. The smallest absolute Gasteiger partial charge is 0.308 e. The van der Waals surface area contributed by atoms with Crippen molar-refractivity contribution >= 4 is 5.97 Å². The molecule has 1 aromatic carbocycles. The van der Waals surface area contributed by atoms with Crippen LogP contribution in [0.15, 0.2) is 18.2 Å². The van der Waals surface area contributed by atoms with Gasteiger partial charge in [0.2, 0.25) is 0 Å². The highest BCUT2D eigenvalue weighted by Gasteiger charge is 2.34. The molecule has 1 unspecified atom stereocenters. The van der Waals surface area contributed by atoms with E-state index in [2.05, 4.69) is 5.32 Å². The molecule has 0 aliphatic carbocycles. The monoisotopic (exact) mass is 307 g/mol. The Morgan fingerprint density at radius 3 is 2.55 bits per heavy atom. The van der Waals surface area contributed by atoms with E-state index in [4.69, 9.17) is 4.74 Å². The van der Waals surface area contributed by atoms with Crippen LogP contribution >= 0.6 is 0 Å². The Balaban J connectivity index is 2.98. The van der Waals surface area contributed by atoms with Gasteiger partial charge < -0.3 is 15.2 Å². The molecule has 0 aliphatic heterocycles. The number of hydrogen-bond acceptors (Lipinski definition) is 4. The van der Waals surface area contributed by atoms with Crippen LogP contribution in [0.1, 0.15) is 56.7 Å². The van der Waals surface area contributed by atoms with E-state index in [0.717, 1.165) is 24.0 Å². The van der Waals surface area contributed by atoms with Crippen LogP contribution < -0.4 is 5.32 Å². The van der Waals surface area contributed by atoms with Crippen molar-refractivity contribution in [2.75, 3.05) is 6.54 Å². The zero-order chi connectivity index (χ0) is 16.8. The van der Waals surface area contributed by atoms with Gasteiger partial charge in [0.05, 0.1) is 6.54 Å². The molecule has 1 rings (SSSR count). The standard InChI is InChI=1S/C18H29NO3/c1-6-7-8-17(20)22-18(21,12-19-13(2)3)16-10-9-14(4)15(5)11-16/h9-11,13,19,21H,6-8,12H2,1-5H3. The molecular formula is C18H29NO3. The van der Waals surface area contributed by atoms with Crippen molar-refractivity contribution in [2.45, 2.75) is 65.7 Å². The lowest BCUT2D eigenvalue weighted by atomic mass is 9.99. The normalized spacial score (nSPS) is 14.0. The molecule has 0 radical (unpaired) electrons. The molecule has 2 N–H and O–H groups in total. The molecule has 0 spiro atoms. The molecule has 0 saturated heterocycles. The predicted octanol–water partition coefficient (Wildman–Crippen LogP) is 3.18. The van der Waals surface area contributed by atoms with Gasteiger partial charge in [-0.15, -0.1) is 0 Å². The number of carbonyl (C=O) groups is 1. The Kier molecular flexibility index (Phi) is 7.04. The van der Waals surface area contributed by atoms with E-state index in [1.165, 1.54) is 0 Å². The second-order valence-electron chi connectivity index (χ2n) is 6.20. The van der Waals surface area contributed by atoms with Gasteiger partial charge >= 0.3 is 5.97 Å². The first kappa shape index (κ1) is 18.7. The van der Waals surface area contributed by atoms with E-state index in [9.17, 15) is 9.90 Å². The van der Waals surface area contributed by atoms with Crippen molar-refractivity contribution < 1.29 is 14.6 Å². The molecule has 0 fully saturated rings. The molecule has 22 heavy (non-hydrogen) atoms. The molecule has 0 aliphatic rings. The number of carbonyl (C=O) groups excluding carboxylic acids is 1. The van der Waals surface area contributed by atoms with Gasteiger partial charge in [0, 0.05) is 18.0 Å². The van der Waals surface area contributed by atoms with E-state index in [-0.39, 0.29) is 18.6 Å². The van der Waals surface area contributed by atoms with E-state index in [1.54, 1.807) is 0 Å². The number of aryl methyl sites for hydroxylation is 2. The molecule has 0 amide bonds. The Bertz CT molecular complexity index is 499. The molecule has 1 atom stereocenters. The number of benzene rings is 1. The first-order valence-electron chi connectivity index (χ1n) is 8.04. The van der Waals surface area contributed by atoms with Crippen molar-refractivity contribution in [2.24, 2.45) is 0 Å². The fourth-order valence-corrected chi connectivity index (χ4v) is 2.08. The Morgan fingerprint density at radius 1 is 1.32 bits per heavy atom. The lowest BCUT2D eigenvalue weighted by Crippen LogP contribution is -2.44. The van der Waals surface area contributed by atoms with Crippen LogP contribution in [-0.2, 0) is 15.3 Å². The van der Waals surface area contributed by atoms with Gasteiger partial charge in [-0.25, -0.2) is 0 Å². The fraction of sp³-hybridized carbons (Fsp3) is 0.611. The third kappa shape index (κ3) is 5.43. The minimum absolute atomic E-state index is 0.172. The van der Waals surface area contributed by atoms with Crippen LogP contribution in [0.2, 0.25) is 0 Å². The van der Waals surface area contributed by atoms with Gasteiger partial charge in [-0.2, -0.15) is 0 Å². The van der Waals surface area contributed by atoms with Gasteiger partial charge in [-0.1, -0.05) is 39.3 Å². The first-order valence-corrected chi connectivity index (χ1v) is 8.04. The summed E-state index contributed by atoms with van der Waals surface area (Å²) in [5, 5.41) is 14.1. The van der Waals surface area contributed by atoms with Crippen molar-refractivity contribution in [1.82, 2.24) is 5.32 Å². The highest BCUT2D eigenvalue weighted by atomic mass is 16.7. The van der Waals surface area contributed by atoms with Crippen LogP contribution in [-0.4, -0.2) is 23.7 Å². The second kappa shape index (κ2) is 8.30. The number of aliphatic hydroxyl groups is 1. The Morgan fingerprint density at radius 2 is 2.00 bits per heavy atom. The van der Waals surface area contributed by atoms with Crippen LogP contribution in [0.4, 0.5) is 0 Å². The molecule has 4 nitrogen and oxygen atoms in total. The van der Waals surface area contributed by atoms with Crippen LogP contribution in [0.5, 0.6) is 0 Å². The molecule has 0 saturated carbocycles. The van der Waals surface area contributed by atoms with Crippen molar-refractivity contribution in [3.05, 3.63) is 34.9 Å². The maximum atomic E-state index is 12.0. The largest absolute Gasteiger partial charge is 0.427 e. The summed E-state index contributed by atoms with van der Waals surface area (Å²) < 4.78 is 5.43. The number of esters is 1. The number of nitrogens with one attached hydrogen (secondary N) is 1. The molecule has 0 heterocycles. The molecular weight excluding hydrogens is 278 g/mol. The average Bonchev–Trinajstić information content (AvgIpc) is 2.45. The summed E-state index contributed by atoms with van der Waals surface area (Å²) in [4.78, 5) is 12.0. The van der Waals surface area contributed by atoms with Gasteiger partial charge in [0.1, 0.15) is 0 Å². The molecule has 124 valence electrons.